The Morgan fingerprint density at radius 1 is 1.11 bits per heavy atom. The lowest BCUT2D eigenvalue weighted by Crippen LogP contribution is -2.36. The fourth-order valence-corrected chi connectivity index (χ4v) is 3.46. The highest BCUT2D eigenvalue weighted by atomic mass is 19.4. The van der Waals surface area contributed by atoms with E-state index in [0.29, 0.717) is 24.6 Å². The number of hydrogen-bond donors (Lipinski definition) is 2. The number of aromatic amines is 1. The molecule has 1 aliphatic rings. The van der Waals surface area contributed by atoms with Crippen molar-refractivity contribution >= 4 is 22.9 Å². The first-order valence-electron chi connectivity index (χ1n) is 9.09. The van der Waals surface area contributed by atoms with Gasteiger partial charge in [-0.2, -0.15) is 13.2 Å². The highest BCUT2D eigenvalue weighted by Crippen LogP contribution is 2.32. The van der Waals surface area contributed by atoms with E-state index < -0.39 is 17.8 Å². The second kappa shape index (κ2) is 7.18. The van der Waals surface area contributed by atoms with Crippen LogP contribution in [0.15, 0.2) is 48.5 Å². The number of hydrogen-bond acceptors (Lipinski definition) is 3. The average Bonchev–Trinajstić information content (AvgIpc) is 3.34. The fourth-order valence-electron chi connectivity index (χ4n) is 3.46. The van der Waals surface area contributed by atoms with E-state index in [4.69, 9.17) is 0 Å². The van der Waals surface area contributed by atoms with Crippen molar-refractivity contribution in [1.29, 1.82) is 0 Å². The molecule has 0 spiro atoms. The lowest BCUT2D eigenvalue weighted by molar-refractivity contribution is -0.138. The first kappa shape index (κ1) is 18.3. The standard InChI is InChI=1S/C20H19F3N4O/c21-20(22,23)14-7-5-6-13(12-14)17(18(28)27-10-3-4-11-27)26-19-24-15-8-1-2-9-16(15)25-19/h1-2,5-9,12,17H,3-4,10-11H2,(H2,24,25,26). The van der Waals surface area contributed by atoms with Crippen molar-refractivity contribution in [2.45, 2.75) is 25.1 Å². The maximum absolute atomic E-state index is 13.2. The summed E-state index contributed by atoms with van der Waals surface area (Å²) >= 11 is 0. The first-order valence-corrected chi connectivity index (χ1v) is 9.09. The van der Waals surface area contributed by atoms with E-state index in [0.717, 1.165) is 30.5 Å². The van der Waals surface area contributed by atoms with Crippen LogP contribution in [-0.4, -0.2) is 33.9 Å². The first-order chi connectivity index (χ1) is 13.4. The zero-order valence-electron chi connectivity index (χ0n) is 15.0. The number of carbonyl (C=O) groups excluding carboxylic acids is 1. The maximum Gasteiger partial charge on any atom is 0.416 e. The zero-order valence-corrected chi connectivity index (χ0v) is 15.0. The van der Waals surface area contributed by atoms with Gasteiger partial charge in [0.05, 0.1) is 16.6 Å². The van der Waals surface area contributed by atoms with Crippen LogP contribution in [-0.2, 0) is 11.0 Å². The molecule has 146 valence electrons. The Kier molecular flexibility index (Phi) is 4.70. The second-order valence-corrected chi connectivity index (χ2v) is 6.84. The number of aromatic nitrogens is 2. The second-order valence-electron chi connectivity index (χ2n) is 6.84. The third kappa shape index (κ3) is 3.67. The molecule has 2 heterocycles. The Hall–Kier alpha value is -3.03. The van der Waals surface area contributed by atoms with Crippen LogP contribution in [0, 0.1) is 0 Å². The molecule has 0 saturated carbocycles. The molecule has 0 aliphatic carbocycles. The summed E-state index contributed by atoms with van der Waals surface area (Å²) in [5.74, 6) is 0.0911. The van der Waals surface area contributed by atoms with Gasteiger partial charge >= 0.3 is 6.18 Å². The fraction of sp³-hybridized carbons (Fsp3) is 0.300. The van der Waals surface area contributed by atoms with E-state index in [1.165, 1.54) is 12.1 Å². The molecule has 2 aromatic carbocycles. The predicted molar refractivity (Wildman–Crippen MR) is 99.7 cm³/mol. The van der Waals surface area contributed by atoms with Crippen LogP contribution in [0.25, 0.3) is 11.0 Å². The van der Waals surface area contributed by atoms with Crippen LogP contribution in [0.5, 0.6) is 0 Å². The highest BCUT2D eigenvalue weighted by molar-refractivity contribution is 5.87. The van der Waals surface area contributed by atoms with Crippen LogP contribution in [0.2, 0.25) is 0 Å². The number of imidazole rings is 1. The molecule has 4 rings (SSSR count). The van der Waals surface area contributed by atoms with Gasteiger partial charge in [0.2, 0.25) is 11.9 Å². The molecule has 0 bridgehead atoms. The van der Waals surface area contributed by atoms with Gasteiger partial charge in [-0.05, 0) is 42.7 Å². The number of halogens is 3. The molecule has 3 aromatic rings. The summed E-state index contributed by atoms with van der Waals surface area (Å²) in [6, 6.07) is 11.3. The van der Waals surface area contributed by atoms with E-state index in [-0.39, 0.29) is 11.5 Å². The number of carbonyl (C=O) groups is 1. The number of alkyl halides is 3. The molecule has 8 heteroatoms. The Bertz CT molecular complexity index is 959. The molecular formula is C20H19F3N4O. The van der Waals surface area contributed by atoms with E-state index >= 15 is 0 Å². The van der Waals surface area contributed by atoms with Crippen molar-refractivity contribution in [2.75, 3.05) is 18.4 Å². The SMILES string of the molecule is O=C(C(Nc1nc2ccccc2[nH]1)c1cccc(C(F)(F)F)c1)N1CCCC1. The zero-order chi connectivity index (χ0) is 19.7. The molecule has 0 radical (unpaired) electrons. The number of amides is 1. The van der Waals surface area contributed by atoms with Gasteiger partial charge in [-0.15, -0.1) is 0 Å². The van der Waals surface area contributed by atoms with Crippen molar-refractivity contribution in [1.82, 2.24) is 14.9 Å². The number of benzene rings is 2. The molecule has 28 heavy (non-hydrogen) atoms. The third-order valence-electron chi connectivity index (χ3n) is 4.88. The molecule has 1 fully saturated rings. The minimum atomic E-state index is -4.48. The minimum Gasteiger partial charge on any atom is -0.341 e. The van der Waals surface area contributed by atoms with E-state index in [1.54, 1.807) is 4.90 Å². The monoisotopic (exact) mass is 388 g/mol. The van der Waals surface area contributed by atoms with Gasteiger partial charge < -0.3 is 15.2 Å². The van der Waals surface area contributed by atoms with Crippen molar-refractivity contribution < 1.29 is 18.0 Å². The van der Waals surface area contributed by atoms with Gasteiger partial charge in [0, 0.05) is 13.1 Å². The lowest BCUT2D eigenvalue weighted by atomic mass is 10.0. The Morgan fingerprint density at radius 3 is 2.57 bits per heavy atom. The molecule has 1 amide bonds. The number of H-pyrrole nitrogens is 1. The van der Waals surface area contributed by atoms with Crippen molar-refractivity contribution in [3.05, 3.63) is 59.7 Å². The molecule has 1 aliphatic heterocycles. The van der Waals surface area contributed by atoms with Gasteiger partial charge in [-0.1, -0.05) is 24.3 Å². The Balaban J connectivity index is 1.70. The number of nitrogens with zero attached hydrogens (tertiary/aromatic N) is 2. The van der Waals surface area contributed by atoms with Crippen LogP contribution in [0.4, 0.5) is 19.1 Å². The van der Waals surface area contributed by atoms with Gasteiger partial charge in [0.25, 0.3) is 0 Å². The quantitative estimate of drug-likeness (QED) is 0.698. The summed E-state index contributed by atoms with van der Waals surface area (Å²) in [6.45, 7) is 1.21. The van der Waals surface area contributed by atoms with Crippen molar-refractivity contribution in [2.24, 2.45) is 0 Å². The largest absolute Gasteiger partial charge is 0.416 e. The van der Waals surface area contributed by atoms with Crippen molar-refractivity contribution in [3.8, 4) is 0 Å². The maximum atomic E-state index is 13.2. The number of rotatable bonds is 4. The molecule has 1 atom stereocenters. The summed E-state index contributed by atoms with van der Waals surface area (Å²) in [7, 11) is 0. The smallest absolute Gasteiger partial charge is 0.341 e. The van der Waals surface area contributed by atoms with E-state index in [9.17, 15) is 18.0 Å². The Labute approximate surface area is 159 Å². The Morgan fingerprint density at radius 2 is 1.86 bits per heavy atom. The van der Waals surface area contributed by atoms with Crippen LogP contribution in [0.3, 0.4) is 0 Å². The number of anilines is 1. The highest BCUT2D eigenvalue weighted by Gasteiger charge is 2.33. The van der Waals surface area contributed by atoms with E-state index in [2.05, 4.69) is 15.3 Å². The van der Waals surface area contributed by atoms with Gasteiger partial charge in [-0.25, -0.2) is 4.98 Å². The predicted octanol–water partition coefficient (Wildman–Crippen LogP) is 4.36. The minimum absolute atomic E-state index is 0.253. The van der Waals surface area contributed by atoms with Gasteiger partial charge in [0.15, 0.2) is 0 Å². The summed E-state index contributed by atoms with van der Waals surface area (Å²) < 4.78 is 39.5. The number of para-hydroxylation sites is 2. The third-order valence-corrected chi connectivity index (χ3v) is 4.88. The molecule has 2 N–H and O–H groups in total. The average molecular weight is 388 g/mol. The molecule has 1 unspecified atom stereocenters. The summed E-state index contributed by atoms with van der Waals surface area (Å²) in [6.07, 6.45) is -2.69. The molecule has 5 nitrogen and oxygen atoms in total. The lowest BCUT2D eigenvalue weighted by Gasteiger charge is -2.24. The molecule has 1 saturated heterocycles. The molecule has 1 aromatic heterocycles. The van der Waals surface area contributed by atoms with Crippen LogP contribution < -0.4 is 5.32 Å². The number of fused-ring (bicyclic) bond motifs is 1. The van der Waals surface area contributed by atoms with E-state index in [1.807, 2.05) is 24.3 Å². The molecular weight excluding hydrogens is 369 g/mol. The van der Waals surface area contributed by atoms with Crippen molar-refractivity contribution in [3.63, 3.8) is 0 Å². The summed E-state index contributed by atoms with van der Waals surface area (Å²) in [5.41, 5.74) is 0.964. The normalized spacial score (nSPS) is 15.8. The summed E-state index contributed by atoms with van der Waals surface area (Å²) in [4.78, 5) is 22.2. The number of likely N-dealkylation sites (tertiary alicyclic amines) is 1. The van der Waals surface area contributed by atoms with Crippen LogP contribution >= 0.6 is 0 Å². The summed E-state index contributed by atoms with van der Waals surface area (Å²) in [5, 5.41) is 3.01. The van der Waals surface area contributed by atoms with Gasteiger partial charge in [0.1, 0.15) is 6.04 Å². The van der Waals surface area contributed by atoms with Gasteiger partial charge in [-0.3, -0.25) is 4.79 Å². The topological polar surface area (TPSA) is 61.0 Å². The van der Waals surface area contributed by atoms with Crippen LogP contribution in [0.1, 0.15) is 30.0 Å². The number of nitrogens with one attached hydrogen (secondary N) is 2.